The van der Waals surface area contributed by atoms with E-state index >= 15 is 0 Å². The Morgan fingerprint density at radius 3 is 2.87 bits per heavy atom. The second kappa shape index (κ2) is 12.9. The highest BCUT2D eigenvalue weighted by molar-refractivity contribution is 6.06. The molecule has 2 heterocycles. The minimum atomic E-state index is -0.969. The lowest BCUT2D eigenvalue weighted by Gasteiger charge is -2.18. The largest absolute Gasteiger partial charge is 0.493 e. The number of carbonyl (C=O) groups is 2. The summed E-state index contributed by atoms with van der Waals surface area (Å²) in [6, 6.07) is 10.3. The number of rotatable bonds is 12. The average Bonchev–Trinajstić information content (AvgIpc) is 3.29. The van der Waals surface area contributed by atoms with Crippen LogP contribution in [0.4, 0.5) is 5.69 Å². The van der Waals surface area contributed by atoms with Crippen molar-refractivity contribution in [2.45, 2.75) is 45.4 Å². The fraction of sp³-hybridized carbons (Fsp3) is 0.323. The van der Waals surface area contributed by atoms with Crippen molar-refractivity contribution < 1.29 is 24.2 Å². The molecule has 0 saturated carbocycles. The predicted molar refractivity (Wildman–Crippen MR) is 148 cm³/mol. The Morgan fingerprint density at radius 2 is 2.11 bits per heavy atom. The number of carbonyl (C=O) groups excluding carboxylic acids is 1. The molecule has 0 saturated heterocycles. The zero-order valence-corrected chi connectivity index (χ0v) is 21.7. The van der Waals surface area contributed by atoms with E-state index in [4.69, 9.17) is 9.47 Å². The zero-order valence-electron chi connectivity index (χ0n) is 21.7. The molecule has 0 radical (unpaired) electrons. The number of carboxylic acid groups (broad SMARTS) is 1. The lowest BCUT2D eigenvalue weighted by atomic mass is 9.95. The standard InChI is InChI=1S/C31H34N2O5/c1-3-7-22(20-38-26-10-6-9-24(18-26)31(35)36)13-12-21(2)28-15-14-25(19-32-28)33-30(34)27-11-5-4-8-23-16-17-37-29(23)27/h4,6,8-11,14-15,18-19,22H,2-3,5,7,12-13,16-17,20H2,1H3,(H,33,34)(H,35,36). The van der Waals surface area contributed by atoms with Crippen molar-refractivity contribution in [1.82, 2.24) is 4.98 Å². The summed E-state index contributed by atoms with van der Waals surface area (Å²) in [5.74, 6) is 0.375. The van der Waals surface area contributed by atoms with Gasteiger partial charge >= 0.3 is 5.97 Å². The van der Waals surface area contributed by atoms with Gasteiger partial charge in [-0.3, -0.25) is 9.78 Å². The second-order valence-electron chi connectivity index (χ2n) is 9.54. The van der Waals surface area contributed by atoms with Crippen LogP contribution in [0.2, 0.25) is 0 Å². The lowest BCUT2D eigenvalue weighted by Crippen LogP contribution is -2.16. The highest BCUT2D eigenvalue weighted by Crippen LogP contribution is 2.30. The Hall–Kier alpha value is -4.13. The molecular formula is C31H34N2O5. The van der Waals surface area contributed by atoms with Gasteiger partial charge in [0.2, 0.25) is 0 Å². The van der Waals surface area contributed by atoms with Gasteiger partial charge in [0.05, 0.1) is 41.9 Å². The van der Waals surface area contributed by atoms with Crippen molar-refractivity contribution in [3.05, 3.63) is 95.6 Å². The molecule has 2 aliphatic rings. The van der Waals surface area contributed by atoms with Gasteiger partial charge < -0.3 is 19.9 Å². The van der Waals surface area contributed by atoms with Gasteiger partial charge in [0.25, 0.3) is 5.91 Å². The van der Waals surface area contributed by atoms with Crippen molar-refractivity contribution in [2.24, 2.45) is 5.92 Å². The number of benzene rings is 1. The molecule has 4 rings (SSSR count). The van der Waals surface area contributed by atoms with Crippen molar-refractivity contribution in [3.63, 3.8) is 0 Å². The number of amides is 1. The monoisotopic (exact) mass is 514 g/mol. The van der Waals surface area contributed by atoms with Crippen LogP contribution < -0.4 is 10.1 Å². The van der Waals surface area contributed by atoms with E-state index in [1.807, 2.05) is 30.4 Å². The van der Waals surface area contributed by atoms with Crippen molar-refractivity contribution >= 4 is 23.1 Å². The van der Waals surface area contributed by atoms with E-state index in [-0.39, 0.29) is 11.5 Å². The summed E-state index contributed by atoms with van der Waals surface area (Å²) < 4.78 is 11.6. The summed E-state index contributed by atoms with van der Waals surface area (Å²) in [6.07, 6.45) is 12.8. The Labute approximate surface area is 223 Å². The molecule has 0 spiro atoms. The van der Waals surface area contributed by atoms with Crippen LogP contribution in [0.25, 0.3) is 5.57 Å². The number of hydrogen-bond donors (Lipinski definition) is 2. The van der Waals surface area contributed by atoms with Gasteiger partial charge in [-0.15, -0.1) is 0 Å². The smallest absolute Gasteiger partial charge is 0.335 e. The number of pyridine rings is 1. The minimum absolute atomic E-state index is 0.201. The molecule has 198 valence electrons. The van der Waals surface area contributed by atoms with Gasteiger partial charge in [-0.1, -0.05) is 44.2 Å². The molecule has 1 aromatic heterocycles. The molecule has 7 heteroatoms. The third-order valence-electron chi connectivity index (χ3n) is 6.68. The van der Waals surface area contributed by atoms with E-state index in [0.29, 0.717) is 48.3 Å². The summed E-state index contributed by atoms with van der Waals surface area (Å²) in [6.45, 7) is 7.47. The summed E-state index contributed by atoms with van der Waals surface area (Å²) in [4.78, 5) is 28.7. The quantitative estimate of drug-likeness (QED) is 0.333. The number of carboxylic acids is 1. The molecule has 2 aromatic rings. The molecule has 1 amide bonds. The first kappa shape index (κ1) is 26.9. The molecule has 0 bridgehead atoms. The van der Waals surface area contributed by atoms with Crippen LogP contribution in [0.3, 0.4) is 0 Å². The molecule has 38 heavy (non-hydrogen) atoms. The Kier molecular flexibility index (Phi) is 9.14. The fourth-order valence-corrected chi connectivity index (χ4v) is 4.60. The van der Waals surface area contributed by atoms with Crippen LogP contribution in [0.5, 0.6) is 5.75 Å². The third-order valence-corrected chi connectivity index (χ3v) is 6.68. The highest BCUT2D eigenvalue weighted by Gasteiger charge is 2.24. The van der Waals surface area contributed by atoms with Crippen LogP contribution in [0.15, 0.2) is 84.3 Å². The maximum atomic E-state index is 12.9. The van der Waals surface area contributed by atoms with Crippen molar-refractivity contribution in [2.75, 3.05) is 18.5 Å². The number of allylic oxidation sites excluding steroid dienone is 4. The normalized spacial score (nSPS) is 15.1. The molecule has 1 aromatic carbocycles. The van der Waals surface area contributed by atoms with Crippen LogP contribution in [0, 0.1) is 5.92 Å². The highest BCUT2D eigenvalue weighted by atomic mass is 16.5. The summed E-state index contributed by atoms with van der Waals surface area (Å²) in [5, 5.41) is 12.1. The van der Waals surface area contributed by atoms with Gasteiger partial charge in [0, 0.05) is 6.42 Å². The van der Waals surface area contributed by atoms with Crippen LogP contribution in [0.1, 0.15) is 61.5 Å². The summed E-state index contributed by atoms with van der Waals surface area (Å²) in [7, 11) is 0. The molecule has 1 atom stereocenters. The number of aromatic carboxylic acids is 1. The fourth-order valence-electron chi connectivity index (χ4n) is 4.60. The van der Waals surface area contributed by atoms with E-state index in [2.05, 4.69) is 23.8 Å². The van der Waals surface area contributed by atoms with Gasteiger partial charge in [-0.05, 0) is 73.1 Å². The van der Waals surface area contributed by atoms with E-state index in [9.17, 15) is 14.7 Å². The Balaban J connectivity index is 1.29. The number of ether oxygens (including phenoxy) is 2. The third kappa shape index (κ3) is 7.00. The number of anilines is 1. The molecule has 2 N–H and O–H groups in total. The van der Waals surface area contributed by atoms with Crippen LogP contribution in [-0.2, 0) is 9.53 Å². The number of nitrogens with zero attached hydrogens (tertiary/aromatic N) is 1. The first-order valence-electron chi connectivity index (χ1n) is 13.1. The van der Waals surface area contributed by atoms with E-state index in [0.717, 1.165) is 48.9 Å². The van der Waals surface area contributed by atoms with Crippen LogP contribution >= 0.6 is 0 Å². The zero-order chi connectivity index (χ0) is 26.9. The summed E-state index contributed by atoms with van der Waals surface area (Å²) in [5.41, 5.74) is 4.17. The van der Waals surface area contributed by atoms with Gasteiger partial charge in [-0.2, -0.15) is 0 Å². The van der Waals surface area contributed by atoms with Crippen molar-refractivity contribution in [1.29, 1.82) is 0 Å². The first-order chi connectivity index (χ1) is 18.4. The number of aromatic nitrogens is 1. The van der Waals surface area contributed by atoms with Gasteiger partial charge in [-0.25, -0.2) is 4.79 Å². The first-order valence-corrected chi connectivity index (χ1v) is 13.1. The van der Waals surface area contributed by atoms with Crippen molar-refractivity contribution in [3.8, 4) is 5.75 Å². The number of hydrogen-bond acceptors (Lipinski definition) is 5. The topological polar surface area (TPSA) is 97.8 Å². The SMILES string of the molecule is C=C(CCC(CCC)COc1cccc(C(=O)O)c1)c1ccc(NC(=O)C2=CCC=CC3=C2OCC3)cn1. The predicted octanol–water partition coefficient (Wildman–Crippen LogP) is 6.57. The van der Waals surface area contributed by atoms with E-state index < -0.39 is 5.97 Å². The molecular weight excluding hydrogens is 480 g/mol. The van der Waals surface area contributed by atoms with Crippen LogP contribution in [-0.4, -0.2) is 35.2 Å². The Morgan fingerprint density at radius 1 is 1.24 bits per heavy atom. The molecule has 0 fully saturated rings. The molecule has 7 nitrogen and oxygen atoms in total. The van der Waals surface area contributed by atoms with Gasteiger partial charge in [0.1, 0.15) is 11.5 Å². The summed E-state index contributed by atoms with van der Waals surface area (Å²) >= 11 is 0. The second-order valence-corrected chi connectivity index (χ2v) is 9.54. The maximum absolute atomic E-state index is 12.9. The Bertz CT molecular complexity index is 1270. The average molecular weight is 515 g/mol. The molecule has 1 unspecified atom stereocenters. The van der Waals surface area contributed by atoms with E-state index in [1.165, 1.54) is 0 Å². The molecule has 1 aliphatic carbocycles. The number of nitrogens with one attached hydrogen (secondary N) is 1. The van der Waals surface area contributed by atoms with E-state index in [1.54, 1.807) is 30.5 Å². The molecule has 1 aliphatic heterocycles. The lowest BCUT2D eigenvalue weighted by molar-refractivity contribution is -0.112. The van der Waals surface area contributed by atoms with Gasteiger partial charge in [0.15, 0.2) is 0 Å². The minimum Gasteiger partial charge on any atom is -0.493 e. The maximum Gasteiger partial charge on any atom is 0.335 e.